The van der Waals surface area contributed by atoms with E-state index in [0.29, 0.717) is 0 Å². The molecular formula is C23H28N4O. The topological polar surface area (TPSA) is 54.2 Å². The number of fused-ring (bicyclic) bond motifs is 1. The number of pyridine rings is 1. The van der Waals surface area contributed by atoms with Gasteiger partial charge in [-0.3, -0.25) is 14.6 Å². The van der Waals surface area contributed by atoms with E-state index in [9.17, 15) is 5.11 Å². The maximum absolute atomic E-state index is 11.3. The monoisotopic (exact) mass is 376 g/mol. The Bertz CT molecular complexity index is 999. The molecule has 1 aromatic carbocycles. The van der Waals surface area contributed by atoms with Crippen LogP contribution in [0.4, 0.5) is 0 Å². The van der Waals surface area contributed by atoms with Crippen molar-refractivity contribution in [2.45, 2.75) is 45.4 Å². The number of hydrogen-bond donors (Lipinski definition) is 1. The smallest absolute Gasteiger partial charge is 0.0921 e. The molecule has 0 radical (unpaired) electrons. The maximum Gasteiger partial charge on any atom is 0.0921 e. The summed E-state index contributed by atoms with van der Waals surface area (Å²) in [6, 6.07) is 10.3. The van der Waals surface area contributed by atoms with Crippen LogP contribution >= 0.6 is 0 Å². The van der Waals surface area contributed by atoms with Crippen molar-refractivity contribution >= 4 is 10.9 Å². The lowest BCUT2D eigenvalue weighted by atomic mass is 9.84. The van der Waals surface area contributed by atoms with Gasteiger partial charge in [0.25, 0.3) is 0 Å². The lowest BCUT2D eigenvalue weighted by Gasteiger charge is -2.38. The van der Waals surface area contributed by atoms with Gasteiger partial charge in [0.15, 0.2) is 0 Å². The number of piperidine rings is 1. The fraction of sp³-hybridized carbons (Fsp3) is 0.391. The molecule has 0 unspecified atom stereocenters. The van der Waals surface area contributed by atoms with E-state index >= 15 is 0 Å². The molecule has 0 spiro atoms. The van der Waals surface area contributed by atoms with Gasteiger partial charge in [0.05, 0.1) is 23.4 Å². The third-order valence-corrected chi connectivity index (χ3v) is 5.81. The molecule has 146 valence electrons. The molecule has 1 fully saturated rings. The minimum Gasteiger partial charge on any atom is -0.385 e. The van der Waals surface area contributed by atoms with Crippen LogP contribution in [0.15, 0.2) is 49.2 Å². The highest BCUT2D eigenvalue weighted by Crippen LogP contribution is 2.34. The third-order valence-electron chi connectivity index (χ3n) is 5.81. The van der Waals surface area contributed by atoms with Crippen LogP contribution in [0.5, 0.6) is 0 Å². The zero-order valence-corrected chi connectivity index (χ0v) is 16.7. The van der Waals surface area contributed by atoms with Gasteiger partial charge < -0.3 is 5.11 Å². The van der Waals surface area contributed by atoms with Gasteiger partial charge in [0, 0.05) is 42.5 Å². The molecule has 4 rings (SSSR count). The van der Waals surface area contributed by atoms with E-state index in [4.69, 9.17) is 0 Å². The second kappa shape index (κ2) is 7.49. The molecule has 3 heterocycles. The molecule has 28 heavy (non-hydrogen) atoms. The van der Waals surface area contributed by atoms with Crippen LogP contribution in [0, 0.1) is 13.8 Å². The van der Waals surface area contributed by atoms with Gasteiger partial charge >= 0.3 is 0 Å². The summed E-state index contributed by atoms with van der Waals surface area (Å²) in [7, 11) is 0. The Morgan fingerprint density at radius 2 is 1.96 bits per heavy atom. The molecule has 1 aliphatic rings. The van der Waals surface area contributed by atoms with Crippen molar-refractivity contribution in [3.05, 3.63) is 71.7 Å². The number of aryl methyl sites for hydroxylation is 2. The summed E-state index contributed by atoms with van der Waals surface area (Å²) in [5.74, 6) is 0. The average Bonchev–Trinajstić information content (AvgIpc) is 3.02. The molecule has 5 heteroatoms. The molecule has 0 saturated carbocycles. The maximum atomic E-state index is 11.3. The first-order valence-corrected chi connectivity index (χ1v) is 9.93. The number of nitrogens with zero attached hydrogens (tertiary/aromatic N) is 4. The Morgan fingerprint density at radius 3 is 2.71 bits per heavy atom. The van der Waals surface area contributed by atoms with E-state index in [1.165, 1.54) is 5.56 Å². The first kappa shape index (κ1) is 18.8. The van der Waals surface area contributed by atoms with Crippen molar-refractivity contribution in [1.29, 1.82) is 0 Å². The number of benzene rings is 1. The van der Waals surface area contributed by atoms with Crippen molar-refractivity contribution in [3.63, 3.8) is 0 Å². The fourth-order valence-corrected chi connectivity index (χ4v) is 4.07. The number of allylic oxidation sites excluding steroid dienone is 1. The molecule has 1 N–H and O–H groups in total. The number of likely N-dealkylation sites (tertiary alicyclic amines) is 1. The van der Waals surface area contributed by atoms with E-state index < -0.39 is 5.60 Å². The summed E-state index contributed by atoms with van der Waals surface area (Å²) in [6.45, 7) is 11.2. The average molecular weight is 377 g/mol. The molecule has 0 amide bonds. The predicted octanol–water partition coefficient (Wildman–Crippen LogP) is 3.72. The summed E-state index contributed by atoms with van der Waals surface area (Å²) in [4.78, 5) is 6.97. The Kier molecular flexibility index (Phi) is 5.04. The number of aliphatic hydroxyl groups is 1. The van der Waals surface area contributed by atoms with E-state index in [2.05, 4.69) is 46.8 Å². The van der Waals surface area contributed by atoms with Gasteiger partial charge in [0.1, 0.15) is 0 Å². The van der Waals surface area contributed by atoms with Gasteiger partial charge in [-0.2, -0.15) is 5.10 Å². The van der Waals surface area contributed by atoms with E-state index in [1.807, 2.05) is 35.9 Å². The number of hydrogen-bond acceptors (Lipinski definition) is 4. The minimum absolute atomic E-state index is 0.733. The van der Waals surface area contributed by atoms with Gasteiger partial charge in [-0.1, -0.05) is 18.2 Å². The Morgan fingerprint density at radius 1 is 1.18 bits per heavy atom. The minimum atomic E-state index is -0.766. The van der Waals surface area contributed by atoms with Crippen LogP contribution in [0.3, 0.4) is 0 Å². The molecule has 0 aliphatic carbocycles. The van der Waals surface area contributed by atoms with Crippen molar-refractivity contribution in [1.82, 2.24) is 19.7 Å². The highest BCUT2D eigenvalue weighted by Gasteiger charge is 2.34. The highest BCUT2D eigenvalue weighted by molar-refractivity contribution is 5.79. The van der Waals surface area contributed by atoms with Crippen LogP contribution in [0.1, 0.15) is 35.4 Å². The van der Waals surface area contributed by atoms with Crippen molar-refractivity contribution in [2.24, 2.45) is 0 Å². The van der Waals surface area contributed by atoms with E-state index in [1.54, 1.807) is 0 Å². The summed E-state index contributed by atoms with van der Waals surface area (Å²) < 4.78 is 1.93. The fourth-order valence-electron chi connectivity index (χ4n) is 4.07. The quantitative estimate of drug-likeness (QED) is 0.690. The van der Waals surface area contributed by atoms with Gasteiger partial charge in [-0.25, -0.2) is 0 Å². The Hall–Kier alpha value is -2.50. The van der Waals surface area contributed by atoms with Gasteiger partial charge in [0.2, 0.25) is 0 Å². The summed E-state index contributed by atoms with van der Waals surface area (Å²) in [6.07, 6.45) is 5.43. The number of rotatable bonds is 5. The van der Waals surface area contributed by atoms with Crippen LogP contribution in [0.25, 0.3) is 10.9 Å². The Labute approximate surface area is 166 Å². The summed E-state index contributed by atoms with van der Waals surface area (Å²) in [5.41, 5.74) is 4.55. The van der Waals surface area contributed by atoms with E-state index in [0.717, 1.165) is 66.9 Å². The molecule has 1 aliphatic heterocycles. The first-order chi connectivity index (χ1) is 13.5. The van der Waals surface area contributed by atoms with Gasteiger partial charge in [-0.15, -0.1) is 6.58 Å². The molecule has 1 saturated heterocycles. The van der Waals surface area contributed by atoms with Crippen molar-refractivity contribution < 1.29 is 5.11 Å². The van der Waals surface area contributed by atoms with Gasteiger partial charge in [-0.05, 0) is 50.5 Å². The SMILES string of the molecule is C=CCn1cc(CN2CCC(O)(c3ccc4nc(C)ccc4c3)CC2)c(C)n1. The lowest BCUT2D eigenvalue weighted by molar-refractivity contribution is -0.0276. The molecule has 0 bridgehead atoms. The first-order valence-electron chi connectivity index (χ1n) is 9.93. The zero-order valence-electron chi connectivity index (χ0n) is 16.7. The number of aromatic nitrogens is 3. The largest absolute Gasteiger partial charge is 0.385 e. The van der Waals surface area contributed by atoms with Crippen LogP contribution in [0.2, 0.25) is 0 Å². The molecule has 0 atom stereocenters. The predicted molar refractivity (Wildman–Crippen MR) is 112 cm³/mol. The second-order valence-corrected chi connectivity index (χ2v) is 7.92. The van der Waals surface area contributed by atoms with E-state index in [-0.39, 0.29) is 0 Å². The third kappa shape index (κ3) is 3.73. The van der Waals surface area contributed by atoms with Crippen molar-refractivity contribution in [2.75, 3.05) is 13.1 Å². The highest BCUT2D eigenvalue weighted by atomic mass is 16.3. The van der Waals surface area contributed by atoms with Crippen LogP contribution in [-0.2, 0) is 18.7 Å². The lowest BCUT2D eigenvalue weighted by Crippen LogP contribution is -2.42. The molecular weight excluding hydrogens is 348 g/mol. The standard InChI is InChI=1S/C23H28N4O/c1-4-11-27-16-20(18(3)25-27)15-26-12-9-23(28,10-13-26)21-7-8-22-19(14-21)6-5-17(2)24-22/h4-8,14,16,28H,1,9-13,15H2,2-3H3. The van der Waals surface area contributed by atoms with Crippen LogP contribution < -0.4 is 0 Å². The second-order valence-electron chi connectivity index (χ2n) is 7.92. The molecule has 2 aromatic heterocycles. The summed E-state index contributed by atoms with van der Waals surface area (Å²) >= 11 is 0. The Balaban J connectivity index is 1.45. The summed E-state index contributed by atoms with van der Waals surface area (Å²) in [5, 5.41) is 16.9. The zero-order chi connectivity index (χ0) is 19.7. The van der Waals surface area contributed by atoms with Crippen LogP contribution in [-0.4, -0.2) is 37.9 Å². The molecule has 3 aromatic rings. The molecule has 5 nitrogen and oxygen atoms in total. The van der Waals surface area contributed by atoms with Crippen molar-refractivity contribution in [3.8, 4) is 0 Å². The normalized spacial score (nSPS) is 17.1.